The van der Waals surface area contributed by atoms with Crippen molar-refractivity contribution in [1.29, 1.82) is 0 Å². The van der Waals surface area contributed by atoms with Gasteiger partial charge in [0, 0.05) is 28.2 Å². The second kappa shape index (κ2) is 8.23. The van der Waals surface area contributed by atoms with E-state index in [1.165, 1.54) is 12.3 Å². The zero-order chi connectivity index (χ0) is 20.3. The summed E-state index contributed by atoms with van der Waals surface area (Å²) in [7, 11) is 0. The zero-order valence-corrected chi connectivity index (χ0v) is 16.6. The van der Waals surface area contributed by atoms with Gasteiger partial charge in [-0.15, -0.1) is 0 Å². The number of aryl methyl sites for hydroxylation is 3. The third-order valence-corrected chi connectivity index (χ3v) is 4.49. The molecule has 2 amide bonds. The largest absolute Gasteiger partial charge is 0.322 e. The Labute approximate surface area is 168 Å². The highest BCUT2D eigenvalue weighted by Crippen LogP contribution is 2.23. The molecule has 3 rings (SSSR count). The molecule has 0 aliphatic rings. The highest BCUT2D eigenvalue weighted by Gasteiger charge is 2.14. The predicted octanol–water partition coefficient (Wildman–Crippen LogP) is 5.16. The second-order valence-electron chi connectivity index (χ2n) is 6.62. The molecule has 142 valence electrons. The molecule has 2 N–H and O–H groups in total. The molecule has 28 heavy (non-hydrogen) atoms. The van der Waals surface area contributed by atoms with E-state index in [-0.39, 0.29) is 11.6 Å². The Morgan fingerprint density at radius 3 is 2.29 bits per heavy atom. The van der Waals surface area contributed by atoms with Crippen LogP contribution in [0.2, 0.25) is 5.02 Å². The van der Waals surface area contributed by atoms with E-state index in [1.54, 1.807) is 30.3 Å². The topological polar surface area (TPSA) is 71.1 Å². The molecule has 0 atom stereocenters. The van der Waals surface area contributed by atoms with Gasteiger partial charge < -0.3 is 10.6 Å². The molecule has 3 aromatic rings. The number of halogens is 1. The number of carbonyl (C=O) groups is 2. The van der Waals surface area contributed by atoms with Crippen LogP contribution in [-0.4, -0.2) is 16.8 Å². The van der Waals surface area contributed by atoms with Crippen molar-refractivity contribution in [2.24, 2.45) is 0 Å². The summed E-state index contributed by atoms with van der Waals surface area (Å²) in [6.45, 7) is 5.91. The maximum absolute atomic E-state index is 12.7. The van der Waals surface area contributed by atoms with Gasteiger partial charge in [0.05, 0.1) is 0 Å². The second-order valence-corrected chi connectivity index (χ2v) is 7.06. The lowest BCUT2D eigenvalue weighted by molar-refractivity contribution is 0.102. The number of anilines is 2. The summed E-state index contributed by atoms with van der Waals surface area (Å²) in [6, 6.07) is 13.9. The molecule has 0 aliphatic heterocycles. The molecule has 1 aromatic heterocycles. The first-order valence-corrected chi connectivity index (χ1v) is 9.13. The lowest BCUT2D eigenvalue weighted by Gasteiger charge is -2.13. The summed E-state index contributed by atoms with van der Waals surface area (Å²) in [4.78, 5) is 29.2. The first kappa shape index (κ1) is 19.6. The van der Waals surface area contributed by atoms with Crippen LogP contribution in [0.3, 0.4) is 0 Å². The lowest BCUT2D eigenvalue weighted by atomic mass is 10.0. The van der Waals surface area contributed by atoms with Gasteiger partial charge in [0.25, 0.3) is 11.8 Å². The van der Waals surface area contributed by atoms with Gasteiger partial charge in [0.2, 0.25) is 0 Å². The van der Waals surface area contributed by atoms with Gasteiger partial charge in [-0.1, -0.05) is 35.4 Å². The summed E-state index contributed by atoms with van der Waals surface area (Å²) in [5, 5.41) is 6.17. The number of amides is 2. The molecule has 0 spiro atoms. The van der Waals surface area contributed by atoms with Crippen LogP contribution in [0.5, 0.6) is 0 Å². The molecule has 6 heteroatoms. The third kappa shape index (κ3) is 4.56. The van der Waals surface area contributed by atoms with E-state index >= 15 is 0 Å². The minimum atomic E-state index is -0.417. The van der Waals surface area contributed by atoms with Gasteiger partial charge in [-0.05, 0) is 62.2 Å². The molecule has 1 heterocycles. The number of nitrogens with zero attached hydrogens (tertiary/aromatic N) is 1. The van der Waals surface area contributed by atoms with Crippen LogP contribution >= 0.6 is 11.6 Å². The molecule has 5 nitrogen and oxygen atoms in total. The van der Waals surface area contributed by atoms with Crippen LogP contribution in [0.1, 0.15) is 37.5 Å². The monoisotopic (exact) mass is 393 g/mol. The van der Waals surface area contributed by atoms with Crippen molar-refractivity contribution >= 4 is 34.8 Å². The van der Waals surface area contributed by atoms with Crippen LogP contribution in [0.25, 0.3) is 0 Å². The Balaban J connectivity index is 1.79. The van der Waals surface area contributed by atoms with E-state index in [9.17, 15) is 9.59 Å². The van der Waals surface area contributed by atoms with E-state index in [4.69, 9.17) is 11.6 Å². The molecule has 0 unspecified atom stereocenters. The number of rotatable bonds is 4. The predicted molar refractivity (Wildman–Crippen MR) is 112 cm³/mol. The van der Waals surface area contributed by atoms with Crippen molar-refractivity contribution in [1.82, 2.24) is 4.98 Å². The summed E-state index contributed by atoms with van der Waals surface area (Å²) in [5.41, 5.74) is 4.93. The van der Waals surface area contributed by atoms with Crippen molar-refractivity contribution in [2.75, 3.05) is 10.6 Å². The summed E-state index contributed by atoms with van der Waals surface area (Å²) >= 11 is 5.93. The number of hydrogen-bond donors (Lipinski definition) is 2. The zero-order valence-electron chi connectivity index (χ0n) is 15.8. The third-order valence-electron chi connectivity index (χ3n) is 4.25. The quantitative estimate of drug-likeness (QED) is 0.642. The van der Waals surface area contributed by atoms with Crippen LogP contribution < -0.4 is 10.6 Å². The number of pyridine rings is 1. The summed E-state index contributed by atoms with van der Waals surface area (Å²) < 4.78 is 0. The first-order valence-electron chi connectivity index (χ1n) is 8.75. The SMILES string of the molecule is Cc1cc(C)c(NC(=O)c2ccnc(C(=O)Nc3cccc(Cl)c3)c2)c(C)c1. The molecule has 0 aliphatic carbocycles. The van der Waals surface area contributed by atoms with Crippen molar-refractivity contribution in [3.63, 3.8) is 0 Å². The highest BCUT2D eigenvalue weighted by atomic mass is 35.5. The van der Waals surface area contributed by atoms with Gasteiger partial charge in [0.1, 0.15) is 5.69 Å². The fourth-order valence-electron chi connectivity index (χ4n) is 3.02. The van der Waals surface area contributed by atoms with Crippen LogP contribution in [-0.2, 0) is 0 Å². The standard InChI is InChI=1S/C22H20ClN3O2/c1-13-9-14(2)20(15(3)10-13)26-21(27)16-7-8-24-19(11-16)22(28)25-18-6-4-5-17(23)12-18/h4-12H,1-3H3,(H,25,28)(H,26,27). The molecule has 0 fully saturated rings. The molecule has 0 saturated carbocycles. The molecular weight excluding hydrogens is 374 g/mol. The lowest BCUT2D eigenvalue weighted by Crippen LogP contribution is -2.17. The molecule has 0 bridgehead atoms. The first-order chi connectivity index (χ1) is 13.3. The Kier molecular flexibility index (Phi) is 5.76. The molecule has 2 aromatic carbocycles. The van der Waals surface area contributed by atoms with E-state index in [0.717, 1.165) is 22.4 Å². The van der Waals surface area contributed by atoms with Crippen molar-refractivity contribution < 1.29 is 9.59 Å². The number of benzene rings is 2. The summed E-state index contributed by atoms with van der Waals surface area (Å²) in [5.74, 6) is -0.714. The van der Waals surface area contributed by atoms with E-state index in [0.29, 0.717) is 16.3 Å². The molecule has 0 radical (unpaired) electrons. The van der Waals surface area contributed by atoms with E-state index < -0.39 is 5.91 Å². The minimum absolute atomic E-state index is 0.143. The Morgan fingerprint density at radius 2 is 1.61 bits per heavy atom. The maximum atomic E-state index is 12.7. The van der Waals surface area contributed by atoms with Crippen LogP contribution in [0, 0.1) is 20.8 Å². The van der Waals surface area contributed by atoms with Gasteiger partial charge in [-0.2, -0.15) is 0 Å². The fraction of sp³-hybridized carbons (Fsp3) is 0.136. The van der Waals surface area contributed by atoms with Crippen LogP contribution in [0.4, 0.5) is 11.4 Å². The average Bonchev–Trinajstić information content (AvgIpc) is 2.64. The van der Waals surface area contributed by atoms with Crippen molar-refractivity contribution in [3.8, 4) is 0 Å². The van der Waals surface area contributed by atoms with E-state index in [2.05, 4.69) is 15.6 Å². The summed E-state index contributed by atoms with van der Waals surface area (Å²) in [6.07, 6.45) is 1.44. The normalized spacial score (nSPS) is 10.4. The smallest absolute Gasteiger partial charge is 0.274 e. The van der Waals surface area contributed by atoms with Crippen LogP contribution in [0.15, 0.2) is 54.7 Å². The Morgan fingerprint density at radius 1 is 0.893 bits per heavy atom. The van der Waals surface area contributed by atoms with Crippen molar-refractivity contribution in [2.45, 2.75) is 20.8 Å². The maximum Gasteiger partial charge on any atom is 0.274 e. The minimum Gasteiger partial charge on any atom is -0.322 e. The van der Waals surface area contributed by atoms with E-state index in [1.807, 2.05) is 32.9 Å². The molecule has 0 saturated heterocycles. The van der Waals surface area contributed by atoms with Gasteiger partial charge in [0.15, 0.2) is 0 Å². The average molecular weight is 394 g/mol. The Bertz CT molecular complexity index is 1040. The molecular formula is C22H20ClN3O2. The highest BCUT2D eigenvalue weighted by molar-refractivity contribution is 6.31. The number of hydrogen-bond acceptors (Lipinski definition) is 3. The number of carbonyl (C=O) groups excluding carboxylic acids is 2. The van der Waals surface area contributed by atoms with Gasteiger partial charge in [-0.3, -0.25) is 14.6 Å². The Hall–Kier alpha value is -3.18. The van der Waals surface area contributed by atoms with Gasteiger partial charge in [-0.25, -0.2) is 0 Å². The number of aromatic nitrogens is 1. The fourth-order valence-corrected chi connectivity index (χ4v) is 3.21. The van der Waals surface area contributed by atoms with Gasteiger partial charge >= 0.3 is 0 Å². The van der Waals surface area contributed by atoms with Crippen molar-refractivity contribution in [3.05, 3.63) is 87.7 Å². The number of nitrogens with one attached hydrogen (secondary N) is 2.